The molecule has 1 saturated heterocycles. The highest BCUT2D eigenvalue weighted by Crippen LogP contribution is 2.38. The van der Waals surface area contributed by atoms with Gasteiger partial charge in [0.1, 0.15) is 0 Å². The second kappa shape index (κ2) is 4.90. The fourth-order valence-electron chi connectivity index (χ4n) is 3.20. The lowest BCUT2D eigenvalue weighted by Gasteiger charge is -2.30. The molecule has 0 bridgehead atoms. The van der Waals surface area contributed by atoms with Gasteiger partial charge in [0.2, 0.25) is 5.91 Å². The van der Waals surface area contributed by atoms with Crippen molar-refractivity contribution in [2.45, 2.75) is 25.3 Å². The number of benzene rings is 1. The third kappa shape index (κ3) is 2.08. The molecule has 106 valence electrons. The highest BCUT2D eigenvalue weighted by atomic mass is 16.4. The fraction of sp³-hybridized carbons (Fsp3) is 0.467. The molecular weight excluding hydrogens is 256 g/mol. The van der Waals surface area contributed by atoms with E-state index in [1.165, 1.54) is 5.56 Å². The molecule has 1 amide bonds. The molecule has 2 N–H and O–H groups in total. The molecule has 2 atom stereocenters. The van der Waals surface area contributed by atoms with E-state index in [1.807, 2.05) is 18.2 Å². The number of aliphatic carboxylic acids is 1. The summed E-state index contributed by atoms with van der Waals surface area (Å²) in [5.74, 6) is -0.979. The van der Waals surface area contributed by atoms with E-state index in [0.29, 0.717) is 19.4 Å². The van der Waals surface area contributed by atoms with Gasteiger partial charge in [0.15, 0.2) is 0 Å². The number of hydrogen-bond acceptors (Lipinski definition) is 3. The van der Waals surface area contributed by atoms with E-state index in [-0.39, 0.29) is 17.9 Å². The maximum absolute atomic E-state index is 11.9. The quantitative estimate of drug-likeness (QED) is 0.853. The Hall–Kier alpha value is -1.88. The smallest absolute Gasteiger partial charge is 0.307 e. The summed E-state index contributed by atoms with van der Waals surface area (Å²) in [6.07, 6.45) is 1.89. The Labute approximate surface area is 117 Å². The van der Waals surface area contributed by atoms with Crippen LogP contribution < -0.4 is 10.2 Å². The van der Waals surface area contributed by atoms with Gasteiger partial charge in [-0.15, -0.1) is 0 Å². The number of anilines is 1. The van der Waals surface area contributed by atoms with E-state index in [2.05, 4.69) is 5.32 Å². The SMILES string of the molecule is CN1C(=O)CCc2cccc(C3CC(C(=O)O)CN3)c21. The number of carbonyl (C=O) groups is 2. The van der Waals surface area contributed by atoms with Gasteiger partial charge in [-0.05, 0) is 24.0 Å². The first-order chi connectivity index (χ1) is 9.58. The summed E-state index contributed by atoms with van der Waals surface area (Å²) < 4.78 is 0. The van der Waals surface area contributed by atoms with Gasteiger partial charge in [-0.2, -0.15) is 0 Å². The van der Waals surface area contributed by atoms with Gasteiger partial charge in [0.25, 0.3) is 0 Å². The largest absolute Gasteiger partial charge is 0.481 e. The minimum atomic E-state index is -0.755. The van der Waals surface area contributed by atoms with E-state index < -0.39 is 5.97 Å². The number of nitrogens with zero attached hydrogens (tertiary/aromatic N) is 1. The standard InChI is InChI=1S/C15H18N2O3/c1-17-13(18)6-5-9-3-2-4-11(14(9)17)12-7-10(8-16-12)15(19)20/h2-4,10,12,16H,5-8H2,1H3,(H,19,20). The number of nitrogens with one attached hydrogen (secondary N) is 1. The van der Waals surface area contributed by atoms with Crippen LogP contribution in [0.15, 0.2) is 18.2 Å². The van der Waals surface area contributed by atoms with Crippen molar-refractivity contribution in [1.82, 2.24) is 5.32 Å². The number of hydrogen-bond donors (Lipinski definition) is 2. The van der Waals surface area contributed by atoms with E-state index in [4.69, 9.17) is 5.11 Å². The Morgan fingerprint density at radius 2 is 2.20 bits per heavy atom. The normalized spacial score (nSPS) is 25.6. The predicted molar refractivity (Wildman–Crippen MR) is 74.7 cm³/mol. The summed E-state index contributed by atoms with van der Waals surface area (Å²) >= 11 is 0. The topological polar surface area (TPSA) is 69.6 Å². The van der Waals surface area contributed by atoms with E-state index in [0.717, 1.165) is 17.7 Å². The minimum absolute atomic E-state index is 0.0133. The summed E-state index contributed by atoms with van der Waals surface area (Å²) in [5, 5.41) is 12.4. The van der Waals surface area contributed by atoms with E-state index in [1.54, 1.807) is 11.9 Å². The number of amides is 1. The van der Waals surface area contributed by atoms with Crippen molar-refractivity contribution in [2.24, 2.45) is 5.92 Å². The molecule has 20 heavy (non-hydrogen) atoms. The Balaban J connectivity index is 1.95. The third-order valence-corrected chi connectivity index (χ3v) is 4.32. The van der Waals surface area contributed by atoms with Gasteiger partial charge in [-0.3, -0.25) is 9.59 Å². The van der Waals surface area contributed by atoms with E-state index in [9.17, 15) is 9.59 Å². The zero-order chi connectivity index (χ0) is 14.3. The molecule has 0 saturated carbocycles. The van der Waals surface area contributed by atoms with Crippen LogP contribution in [-0.4, -0.2) is 30.6 Å². The van der Waals surface area contributed by atoms with Gasteiger partial charge in [-0.25, -0.2) is 0 Å². The number of carboxylic acids is 1. The van der Waals surface area contributed by atoms with Crippen molar-refractivity contribution in [2.75, 3.05) is 18.5 Å². The second-order valence-corrected chi connectivity index (χ2v) is 5.54. The molecule has 1 fully saturated rings. The van der Waals surface area contributed by atoms with Gasteiger partial charge < -0.3 is 15.3 Å². The van der Waals surface area contributed by atoms with Crippen molar-refractivity contribution < 1.29 is 14.7 Å². The number of carbonyl (C=O) groups excluding carboxylic acids is 1. The van der Waals surface area contributed by atoms with Crippen LogP contribution in [0.25, 0.3) is 0 Å². The van der Waals surface area contributed by atoms with Gasteiger partial charge in [-0.1, -0.05) is 18.2 Å². The molecule has 0 radical (unpaired) electrons. The fourth-order valence-corrected chi connectivity index (χ4v) is 3.20. The molecule has 1 aromatic carbocycles. The van der Waals surface area contributed by atoms with E-state index >= 15 is 0 Å². The van der Waals surface area contributed by atoms with Crippen molar-refractivity contribution in [3.8, 4) is 0 Å². The van der Waals surface area contributed by atoms with Crippen molar-refractivity contribution in [1.29, 1.82) is 0 Å². The summed E-state index contributed by atoms with van der Waals surface area (Å²) in [6.45, 7) is 0.487. The molecule has 0 aromatic heterocycles. The predicted octanol–water partition coefficient (Wildman–Crippen LogP) is 1.33. The molecule has 2 aliphatic rings. The first kappa shape index (κ1) is 13.1. The molecule has 2 heterocycles. The molecule has 0 spiro atoms. The Kier molecular flexibility index (Phi) is 3.22. The highest BCUT2D eigenvalue weighted by Gasteiger charge is 2.33. The van der Waals surface area contributed by atoms with Crippen LogP contribution in [0.3, 0.4) is 0 Å². The number of carboxylic acid groups (broad SMARTS) is 1. The maximum Gasteiger partial charge on any atom is 0.307 e. The van der Waals surface area contributed by atoms with Crippen molar-refractivity contribution in [3.63, 3.8) is 0 Å². The van der Waals surface area contributed by atoms with Crippen LogP contribution in [-0.2, 0) is 16.0 Å². The number of fused-ring (bicyclic) bond motifs is 1. The molecular formula is C15H18N2O3. The van der Waals surface area contributed by atoms with Crippen LogP contribution in [0.1, 0.15) is 30.0 Å². The molecule has 0 aliphatic carbocycles. The molecule has 3 rings (SSSR count). The minimum Gasteiger partial charge on any atom is -0.481 e. The van der Waals surface area contributed by atoms with Crippen LogP contribution in [0.4, 0.5) is 5.69 Å². The zero-order valence-electron chi connectivity index (χ0n) is 11.4. The molecule has 2 aliphatic heterocycles. The molecule has 2 unspecified atom stereocenters. The van der Waals surface area contributed by atoms with Crippen LogP contribution >= 0.6 is 0 Å². The van der Waals surface area contributed by atoms with Crippen LogP contribution in [0, 0.1) is 5.92 Å². The average Bonchev–Trinajstić information content (AvgIpc) is 2.92. The van der Waals surface area contributed by atoms with Gasteiger partial charge in [0, 0.05) is 26.1 Å². The third-order valence-electron chi connectivity index (χ3n) is 4.32. The lowest BCUT2D eigenvalue weighted by atomic mass is 9.92. The Morgan fingerprint density at radius 3 is 2.90 bits per heavy atom. The van der Waals surface area contributed by atoms with Crippen LogP contribution in [0.2, 0.25) is 0 Å². The number of aryl methyl sites for hydroxylation is 1. The molecule has 5 heteroatoms. The summed E-state index contributed by atoms with van der Waals surface area (Å²) in [5.41, 5.74) is 3.18. The maximum atomic E-state index is 11.9. The van der Waals surface area contributed by atoms with Crippen molar-refractivity contribution in [3.05, 3.63) is 29.3 Å². The average molecular weight is 274 g/mol. The first-order valence-corrected chi connectivity index (χ1v) is 6.92. The summed E-state index contributed by atoms with van der Waals surface area (Å²) in [7, 11) is 1.80. The van der Waals surface area contributed by atoms with Gasteiger partial charge >= 0.3 is 5.97 Å². The van der Waals surface area contributed by atoms with Crippen LogP contribution in [0.5, 0.6) is 0 Å². The zero-order valence-corrected chi connectivity index (χ0v) is 11.4. The Bertz CT molecular complexity index is 570. The second-order valence-electron chi connectivity index (χ2n) is 5.54. The molecule has 5 nitrogen and oxygen atoms in total. The number of para-hydroxylation sites is 1. The number of rotatable bonds is 2. The summed E-state index contributed by atoms with van der Waals surface area (Å²) in [4.78, 5) is 24.7. The first-order valence-electron chi connectivity index (χ1n) is 6.92. The monoisotopic (exact) mass is 274 g/mol. The lowest BCUT2D eigenvalue weighted by molar-refractivity contribution is -0.141. The highest BCUT2D eigenvalue weighted by molar-refractivity contribution is 5.96. The summed E-state index contributed by atoms with van der Waals surface area (Å²) in [6, 6.07) is 6.05. The molecule has 1 aromatic rings. The van der Waals surface area contributed by atoms with Crippen molar-refractivity contribution >= 4 is 17.6 Å². The Morgan fingerprint density at radius 1 is 1.40 bits per heavy atom. The van der Waals surface area contributed by atoms with Gasteiger partial charge in [0.05, 0.1) is 11.6 Å². The lowest BCUT2D eigenvalue weighted by Crippen LogP contribution is -2.33.